The number of carbonyl (C=O) groups excluding carboxylic acids is 1. The molecule has 0 unspecified atom stereocenters. The predicted molar refractivity (Wildman–Crippen MR) is 158 cm³/mol. The molecule has 0 aromatic rings. The molecule has 0 aromatic carbocycles. The highest BCUT2D eigenvalue weighted by atomic mass is 16.7. The van der Waals surface area contributed by atoms with Gasteiger partial charge < -0.3 is 34.3 Å². The third kappa shape index (κ3) is 5.86. The number of hydrogen-bond donors (Lipinski definition) is 3. The van der Waals surface area contributed by atoms with Crippen LogP contribution in [0, 0.1) is 17.8 Å². The summed E-state index contributed by atoms with van der Waals surface area (Å²) in [5, 5.41) is 34.1. The molecule has 0 saturated carbocycles. The molecule has 8 nitrogen and oxygen atoms in total. The number of allylic oxidation sites excluding steroid dienone is 5. The molecule has 8 heteroatoms. The normalized spacial score (nSPS) is 48.3. The van der Waals surface area contributed by atoms with Crippen LogP contribution in [0.25, 0.3) is 0 Å². The van der Waals surface area contributed by atoms with Gasteiger partial charge in [-0.3, -0.25) is 4.79 Å². The van der Waals surface area contributed by atoms with E-state index in [4.69, 9.17) is 18.9 Å². The van der Waals surface area contributed by atoms with E-state index in [2.05, 4.69) is 26.0 Å². The average Bonchev–Trinajstić information content (AvgIpc) is 3.27. The van der Waals surface area contributed by atoms with Crippen LogP contribution in [-0.4, -0.2) is 75.9 Å². The van der Waals surface area contributed by atoms with E-state index in [0.29, 0.717) is 24.0 Å². The summed E-state index contributed by atoms with van der Waals surface area (Å²) in [6.07, 6.45) is 10.3. The number of fused-ring (bicyclic) bond motifs is 2. The lowest BCUT2D eigenvalue weighted by atomic mass is 9.71. The Hall–Kier alpha value is -2.07. The molecule has 4 aliphatic heterocycles. The molecule has 232 valence electrons. The first-order valence-corrected chi connectivity index (χ1v) is 15.5. The van der Waals surface area contributed by atoms with E-state index in [9.17, 15) is 20.1 Å². The first-order valence-electron chi connectivity index (χ1n) is 15.5. The van der Waals surface area contributed by atoms with Crippen molar-refractivity contribution in [1.82, 2.24) is 0 Å². The van der Waals surface area contributed by atoms with Crippen LogP contribution in [0.2, 0.25) is 0 Å². The van der Waals surface area contributed by atoms with Crippen molar-refractivity contribution in [3.05, 3.63) is 58.7 Å². The van der Waals surface area contributed by atoms with Gasteiger partial charge in [0.1, 0.15) is 29.8 Å². The predicted octanol–water partition coefficient (Wildman–Crippen LogP) is 4.45. The van der Waals surface area contributed by atoms with Crippen LogP contribution in [0.4, 0.5) is 0 Å². The summed E-state index contributed by atoms with van der Waals surface area (Å²) in [4.78, 5) is 14.0. The third-order valence-corrected chi connectivity index (χ3v) is 9.97. The van der Waals surface area contributed by atoms with Crippen molar-refractivity contribution in [3.63, 3.8) is 0 Å². The summed E-state index contributed by atoms with van der Waals surface area (Å²) >= 11 is 0. The highest BCUT2D eigenvalue weighted by molar-refractivity contribution is 5.78. The van der Waals surface area contributed by atoms with Crippen LogP contribution >= 0.6 is 0 Å². The Morgan fingerprint density at radius 1 is 1.12 bits per heavy atom. The molecule has 11 atom stereocenters. The SMILES string of the molecule is C/C=C(\C)[C@@H]1O[C@]2(C[C@H]3C[C@H](C/C=C(\C)C[C@H](C)/C=C/C=C4\CO[C@H]5[C@@H](O)C(C)=C[C@H](C(=O)O3)[C@@]45O)O2)C[C@@H](O)[C@H]1C. The molecule has 4 heterocycles. The molecule has 3 saturated heterocycles. The van der Waals surface area contributed by atoms with E-state index < -0.39 is 47.7 Å². The lowest BCUT2D eigenvalue weighted by Gasteiger charge is -2.51. The van der Waals surface area contributed by atoms with E-state index in [1.165, 1.54) is 5.57 Å². The van der Waals surface area contributed by atoms with Crippen LogP contribution in [0.1, 0.15) is 73.6 Å². The smallest absolute Gasteiger partial charge is 0.316 e. The zero-order chi connectivity index (χ0) is 30.4. The highest BCUT2D eigenvalue weighted by Gasteiger charge is 2.60. The zero-order valence-corrected chi connectivity index (χ0v) is 25.8. The molecular formula is C34H48O8. The molecule has 1 spiro atoms. The lowest BCUT2D eigenvalue weighted by Crippen LogP contribution is -2.59. The number of hydrogen-bond acceptors (Lipinski definition) is 8. The Balaban J connectivity index is 1.53. The molecule has 5 rings (SSSR count). The average molecular weight is 585 g/mol. The first-order chi connectivity index (χ1) is 19.9. The van der Waals surface area contributed by atoms with Gasteiger partial charge in [0.15, 0.2) is 5.79 Å². The second-order valence-corrected chi connectivity index (χ2v) is 13.3. The number of esters is 1. The molecular weight excluding hydrogens is 536 g/mol. The maximum atomic E-state index is 14.0. The first kappa shape index (κ1) is 31.4. The number of ether oxygens (including phenoxy) is 4. The van der Waals surface area contributed by atoms with Gasteiger partial charge >= 0.3 is 5.97 Å². The Bertz CT molecular complexity index is 1200. The Morgan fingerprint density at radius 2 is 1.88 bits per heavy atom. The van der Waals surface area contributed by atoms with Crippen LogP contribution in [0.5, 0.6) is 0 Å². The van der Waals surface area contributed by atoms with Crippen molar-refractivity contribution in [2.45, 2.75) is 122 Å². The number of rotatable bonds is 1. The van der Waals surface area contributed by atoms with Gasteiger partial charge in [-0.25, -0.2) is 0 Å². The molecule has 0 aromatic heterocycles. The van der Waals surface area contributed by atoms with Gasteiger partial charge in [-0.15, -0.1) is 0 Å². The van der Waals surface area contributed by atoms with E-state index in [-0.39, 0.29) is 43.5 Å². The standard InChI is InChI=1S/C34H48O8/c1-7-21(4)30-23(6)28(35)17-33(42-30)16-26-15-25(41-33)12-11-20(3)13-19(2)9-8-10-24-18-39-31-29(36)22(5)14-27(32(37)40-26)34(24,31)38/h7-11,14,19,23,25-31,35-36,38H,12-13,15-18H2,1-6H3/b9-8+,20-11+,21-7+,24-10+/t19-,23-,25+,26-,27-,28-,29+,30+,31+,33-,34+/m1/s1. The van der Waals surface area contributed by atoms with Crippen LogP contribution < -0.4 is 0 Å². The summed E-state index contributed by atoms with van der Waals surface area (Å²) in [6, 6.07) is 0. The Morgan fingerprint density at radius 3 is 2.62 bits per heavy atom. The fourth-order valence-corrected chi connectivity index (χ4v) is 7.39. The summed E-state index contributed by atoms with van der Waals surface area (Å²) in [5.74, 6) is -2.61. The van der Waals surface area contributed by atoms with Crippen molar-refractivity contribution in [1.29, 1.82) is 0 Å². The highest BCUT2D eigenvalue weighted by Crippen LogP contribution is 2.47. The molecule has 1 aliphatic carbocycles. The van der Waals surface area contributed by atoms with E-state index in [1.807, 2.05) is 39.0 Å². The second-order valence-electron chi connectivity index (χ2n) is 13.3. The summed E-state index contributed by atoms with van der Waals surface area (Å²) in [7, 11) is 0. The van der Waals surface area contributed by atoms with Crippen LogP contribution in [-0.2, 0) is 23.7 Å². The van der Waals surface area contributed by atoms with Gasteiger partial charge in [-0.05, 0) is 63.2 Å². The molecule has 0 radical (unpaired) electrons. The molecule has 5 aliphatic rings. The Kier molecular flexibility index (Phi) is 9.06. The minimum atomic E-state index is -1.74. The maximum Gasteiger partial charge on any atom is 0.316 e. The fourth-order valence-electron chi connectivity index (χ4n) is 7.39. The monoisotopic (exact) mass is 584 g/mol. The minimum Gasteiger partial charge on any atom is -0.462 e. The van der Waals surface area contributed by atoms with E-state index in [0.717, 1.165) is 12.0 Å². The molecule has 42 heavy (non-hydrogen) atoms. The van der Waals surface area contributed by atoms with Gasteiger partial charge in [0.05, 0.1) is 24.9 Å². The quantitative estimate of drug-likeness (QED) is 0.306. The maximum absolute atomic E-state index is 14.0. The van der Waals surface area contributed by atoms with E-state index in [1.54, 1.807) is 13.0 Å². The molecule has 3 fully saturated rings. The van der Waals surface area contributed by atoms with Crippen LogP contribution in [0.3, 0.4) is 0 Å². The van der Waals surface area contributed by atoms with Crippen molar-refractivity contribution < 1.29 is 39.1 Å². The van der Waals surface area contributed by atoms with Gasteiger partial charge in [0.25, 0.3) is 0 Å². The van der Waals surface area contributed by atoms with Gasteiger partial charge in [-0.1, -0.05) is 55.9 Å². The second kappa shape index (κ2) is 12.1. The van der Waals surface area contributed by atoms with Gasteiger partial charge in [-0.2, -0.15) is 0 Å². The summed E-state index contributed by atoms with van der Waals surface area (Å²) < 4.78 is 25.5. The van der Waals surface area contributed by atoms with Crippen molar-refractivity contribution in [2.75, 3.05) is 6.61 Å². The molecule has 2 bridgehead atoms. The van der Waals surface area contributed by atoms with E-state index >= 15 is 0 Å². The number of carbonyl (C=O) groups is 1. The molecule has 3 N–H and O–H groups in total. The topological polar surface area (TPSA) is 115 Å². The van der Waals surface area contributed by atoms with Crippen LogP contribution in [0.15, 0.2) is 58.7 Å². The fraction of sp³-hybridized carbons (Fsp3) is 0.676. The molecule has 0 amide bonds. The number of aliphatic hydroxyl groups is 3. The van der Waals surface area contributed by atoms with Crippen molar-refractivity contribution in [2.24, 2.45) is 17.8 Å². The lowest BCUT2D eigenvalue weighted by molar-refractivity contribution is -0.342. The third-order valence-electron chi connectivity index (χ3n) is 9.97. The number of aliphatic hydroxyl groups excluding tert-OH is 2. The largest absolute Gasteiger partial charge is 0.462 e. The van der Waals surface area contributed by atoms with Gasteiger partial charge in [0.2, 0.25) is 0 Å². The Labute approximate surface area is 249 Å². The summed E-state index contributed by atoms with van der Waals surface area (Å²) in [6.45, 7) is 12.0. The minimum absolute atomic E-state index is 0.110. The summed E-state index contributed by atoms with van der Waals surface area (Å²) in [5.41, 5.74) is 1.61. The zero-order valence-electron chi connectivity index (χ0n) is 25.8. The van der Waals surface area contributed by atoms with Crippen molar-refractivity contribution in [3.8, 4) is 0 Å². The van der Waals surface area contributed by atoms with Gasteiger partial charge in [0, 0.05) is 25.2 Å². The van der Waals surface area contributed by atoms with Crippen molar-refractivity contribution >= 4 is 5.97 Å².